The van der Waals surface area contributed by atoms with Crippen LogP contribution in [0.3, 0.4) is 0 Å². The topological polar surface area (TPSA) is 61.8 Å². The van der Waals surface area contributed by atoms with Crippen LogP contribution in [-0.2, 0) is 23.8 Å². The maximum Gasteiger partial charge on any atom is 0.308 e. The van der Waals surface area contributed by atoms with Crippen molar-refractivity contribution in [3.63, 3.8) is 0 Å². The summed E-state index contributed by atoms with van der Waals surface area (Å²) in [5.74, 6) is -0.408. The number of hydrogen-bond donors (Lipinski definition) is 0. The minimum absolute atomic E-state index is 0.180. The van der Waals surface area contributed by atoms with Crippen molar-refractivity contribution in [2.24, 2.45) is 0 Å². The zero-order chi connectivity index (χ0) is 15.0. The number of esters is 2. The van der Waals surface area contributed by atoms with Crippen LogP contribution < -0.4 is 0 Å². The second-order valence-electron chi connectivity index (χ2n) is 5.11. The lowest BCUT2D eigenvalue weighted by atomic mass is 10.0. The lowest BCUT2D eigenvalue weighted by molar-refractivity contribution is -0.228. The third-order valence-electron chi connectivity index (χ3n) is 3.28. The minimum Gasteiger partial charge on any atom is -0.460 e. The van der Waals surface area contributed by atoms with E-state index in [1.165, 1.54) is 0 Å². The van der Waals surface area contributed by atoms with Crippen LogP contribution >= 0.6 is 0 Å². The van der Waals surface area contributed by atoms with Gasteiger partial charge in [0.1, 0.15) is 6.10 Å². The summed E-state index contributed by atoms with van der Waals surface area (Å²) >= 11 is 0. The van der Waals surface area contributed by atoms with Crippen molar-refractivity contribution in [2.45, 2.75) is 84.2 Å². The summed E-state index contributed by atoms with van der Waals surface area (Å²) in [7, 11) is 0. The van der Waals surface area contributed by atoms with Crippen molar-refractivity contribution in [3.8, 4) is 0 Å². The highest BCUT2D eigenvalue weighted by atomic mass is 16.7. The van der Waals surface area contributed by atoms with Gasteiger partial charge in [-0.15, -0.1) is 0 Å². The highest BCUT2D eigenvalue weighted by Gasteiger charge is 2.34. The van der Waals surface area contributed by atoms with Gasteiger partial charge in [0, 0.05) is 19.3 Å². The van der Waals surface area contributed by atoms with Crippen molar-refractivity contribution in [3.05, 3.63) is 0 Å². The first kappa shape index (κ1) is 17.0. The molecule has 0 radical (unpaired) electrons. The van der Waals surface area contributed by atoms with E-state index in [0.29, 0.717) is 25.7 Å². The molecule has 0 aliphatic carbocycles. The number of carbonyl (C=O) groups excluding carboxylic acids is 2. The van der Waals surface area contributed by atoms with Crippen LogP contribution in [0, 0.1) is 0 Å². The third-order valence-corrected chi connectivity index (χ3v) is 3.28. The van der Waals surface area contributed by atoms with Gasteiger partial charge in [0.15, 0.2) is 0 Å². The lowest BCUT2D eigenvalue weighted by Crippen LogP contribution is -2.42. The maximum atomic E-state index is 11.6. The maximum absolute atomic E-state index is 11.6. The second-order valence-corrected chi connectivity index (χ2v) is 5.11. The molecule has 0 N–H and O–H groups in total. The molecule has 0 aromatic heterocycles. The molecule has 3 atom stereocenters. The molecule has 1 aliphatic rings. The van der Waals surface area contributed by atoms with E-state index in [0.717, 1.165) is 19.3 Å². The lowest BCUT2D eigenvalue weighted by Gasteiger charge is -2.35. The van der Waals surface area contributed by atoms with Gasteiger partial charge in [-0.1, -0.05) is 20.8 Å². The van der Waals surface area contributed by atoms with E-state index in [1.54, 1.807) is 0 Å². The van der Waals surface area contributed by atoms with E-state index < -0.39 is 6.29 Å². The molecule has 1 heterocycles. The van der Waals surface area contributed by atoms with E-state index in [1.807, 2.05) is 20.8 Å². The molecule has 1 aliphatic heterocycles. The van der Waals surface area contributed by atoms with Crippen LogP contribution in [0.15, 0.2) is 0 Å². The summed E-state index contributed by atoms with van der Waals surface area (Å²) in [5.41, 5.74) is 0. The number of rotatable bonds is 7. The van der Waals surface area contributed by atoms with E-state index in [-0.39, 0.29) is 24.1 Å². The molecule has 1 rings (SSSR count). The largest absolute Gasteiger partial charge is 0.460 e. The number of ether oxygens (including phenoxy) is 3. The van der Waals surface area contributed by atoms with E-state index in [2.05, 4.69) is 0 Å². The number of hydrogen-bond acceptors (Lipinski definition) is 5. The van der Waals surface area contributed by atoms with Gasteiger partial charge in [-0.2, -0.15) is 0 Å². The molecule has 0 spiro atoms. The summed E-state index contributed by atoms with van der Waals surface area (Å²) in [6, 6.07) is 0. The zero-order valence-electron chi connectivity index (χ0n) is 12.7. The molecule has 1 fully saturated rings. The molecule has 5 nitrogen and oxygen atoms in total. The highest BCUT2D eigenvalue weighted by Crippen LogP contribution is 2.25. The monoisotopic (exact) mass is 286 g/mol. The Morgan fingerprint density at radius 1 is 1.00 bits per heavy atom. The fraction of sp³-hybridized carbons (Fsp3) is 0.867. The van der Waals surface area contributed by atoms with Crippen LogP contribution in [0.5, 0.6) is 0 Å². The molecule has 20 heavy (non-hydrogen) atoms. The van der Waals surface area contributed by atoms with Crippen molar-refractivity contribution in [2.75, 3.05) is 0 Å². The highest BCUT2D eigenvalue weighted by molar-refractivity contribution is 5.69. The van der Waals surface area contributed by atoms with Gasteiger partial charge in [0.2, 0.25) is 6.29 Å². The quantitative estimate of drug-likeness (QED) is 0.673. The average Bonchev–Trinajstić information content (AvgIpc) is 2.41. The van der Waals surface area contributed by atoms with Gasteiger partial charge in [0.25, 0.3) is 0 Å². The molecular formula is C15H26O5. The average molecular weight is 286 g/mol. The van der Waals surface area contributed by atoms with E-state index in [4.69, 9.17) is 14.2 Å². The molecule has 5 heteroatoms. The molecule has 1 unspecified atom stereocenters. The van der Waals surface area contributed by atoms with Crippen LogP contribution in [0.1, 0.15) is 65.7 Å². The van der Waals surface area contributed by atoms with Crippen LogP contribution in [0.25, 0.3) is 0 Å². The van der Waals surface area contributed by atoms with Crippen molar-refractivity contribution < 1.29 is 23.8 Å². The molecule has 0 bridgehead atoms. The fourth-order valence-corrected chi connectivity index (χ4v) is 2.26. The molecule has 0 aromatic carbocycles. The standard InChI is InChI=1S/C15H26O5/c1-4-7-13(16)18-12-9-10-15(19-11(12)6-3)20-14(17)8-5-2/h11-12,15H,4-10H2,1-3H3/t11-,12?,15+/m0/s1. The van der Waals surface area contributed by atoms with Gasteiger partial charge in [-0.25, -0.2) is 0 Å². The summed E-state index contributed by atoms with van der Waals surface area (Å²) in [6.45, 7) is 5.85. The van der Waals surface area contributed by atoms with Gasteiger partial charge < -0.3 is 14.2 Å². The molecule has 116 valence electrons. The summed E-state index contributed by atoms with van der Waals surface area (Å²) < 4.78 is 16.4. The molecule has 0 aromatic rings. The first-order valence-electron chi connectivity index (χ1n) is 7.65. The first-order chi connectivity index (χ1) is 9.60. The van der Waals surface area contributed by atoms with Gasteiger partial charge in [0.05, 0.1) is 6.10 Å². The van der Waals surface area contributed by atoms with Crippen LogP contribution in [0.2, 0.25) is 0 Å². The number of carbonyl (C=O) groups is 2. The Morgan fingerprint density at radius 2 is 1.60 bits per heavy atom. The van der Waals surface area contributed by atoms with Crippen molar-refractivity contribution >= 4 is 11.9 Å². The molecule has 1 saturated heterocycles. The Labute approximate surface area is 121 Å². The van der Waals surface area contributed by atoms with E-state index >= 15 is 0 Å². The Balaban J connectivity index is 2.44. The Morgan fingerprint density at radius 3 is 2.15 bits per heavy atom. The van der Waals surface area contributed by atoms with Crippen molar-refractivity contribution in [1.29, 1.82) is 0 Å². The third kappa shape index (κ3) is 5.49. The van der Waals surface area contributed by atoms with Gasteiger partial charge in [-0.05, 0) is 25.7 Å². The molecule has 0 saturated carbocycles. The second kappa shape index (κ2) is 8.95. The summed E-state index contributed by atoms with van der Waals surface area (Å²) in [6.07, 6.45) is 3.46. The summed E-state index contributed by atoms with van der Waals surface area (Å²) in [5, 5.41) is 0. The fourth-order valence-electron chi connectivity index (χ4n) is 2.26. The Bertz CT molecular complexity index is 315. The Hall–Kier alpha value is -1.10. The van der Waals surface area contributed by atoms with Crippen molar-refractivity contribution in [1.82, 2.24) is 0 Å². The Kier molecular flexibility index (Phi) is 7.59. The smallest absolute Gasteiger partial charge is 0.308 e. The predicted molar refractivity (Wildman–Crippen MR) is 74.0 cm³/mol. The first-order valence-corrected chi connectivity index (χ1v) is 7.65. The van der Waals surface area contributed by atoms with Crippen LogP contribution in [-0.4, -0.2) is 30.4 Å². The van der Waals surface area contributed by atoms with E-state index in [9.17, 15) is 9.59 Å². The molecule has 0 amide bonds. The zero-order valence-corrected chi connectivity index (χ0v) is 12.7. The van der Waals surface area contributed by atoms with Gasteiger partial charge in [-0.3, -0.25) is 9.59 Å². The van der Waals surface area contributed by atoms with Gasteiger partial charge >= 0.3 is 11.9 Å². The van der Waals surface area contributed by atoms with Crippen LogP contribution in [0.4, 0.5) is 0 Å². The minimum atomic E-state index is -0.500. The predicted octanol–water partition coefficient (Wildman–Crippen LogP) is 2.96. The normalized spacial score (nSPS) is 26.1. The summed E-state index contributed by atoms with van der Waals surface area (Å²) in [4.78, 5) is 23.0. The SMILES string of the molecule is CCCC(=O)OC1CC[C@@H](OC(=O)CCC)O[C@H]1CC. The molecular weight excluding hydrogens is 260 g/mol.